The molecule has 3 rings (SSSR count). The van der Waals surface area contributed by atoms with Crippen molar-refractivity contribution >= 4 is 23.3 Å². The fourth-order valence-corrected chi connectivity index (χ4v) is 2.69. The summed E-state index contributed by atoms with van der Waals surface area (Å²) >= 11 is 0. The Hall–Kier alpha value is -3.74. The Labute approximate surface area is 168 Å². The van der Waals surface area contributed by atoms with Crippen LogP contribution in [0.4, 0.5) is 5.69 Å². The standard InChI is InChI=1S/C22H21N3O4/c1-14-12-13-23-25(14)20-10-6-18(7-11-20)22(28)29-16(3)21(27)24-19-8-4-17(5-9-19)15(2)26/h4-13,16H,1-3H3,(H,24,27)/t16-/m0/s1. The topological polar surface area (TPSA) is 90.3 Å². The molecule has 1 heterocycles. The maximum Gasteiger partial charge on any atom is 0.338 e. The van der Waals surface area contributed by atoms with Crippen molar-refractivity contribution in [2.75, 3.05) is 5.32 Å². The molecule has 0 aliphatic rings. The maximum atomic E-state index is 12.3. The highest BCUT2D eigenvalue weighted by Gasteiger charge is 2.19. The van der Waals surface area contributed by atoms with Gasteiger partial charge in [-0.2, -0.15) is 5.10 Å². The molecule has 0 saturated carbocycles. The first kappa shape index (κ1) is 20.0. The first-order chi connectivity index (χ1) is 13.8. The van der Waals surface area contributed by atoms with Crippen LogP contribution in [-0.4, -0.2) is 33.5 Å². The molecule has 1 atom stereocenters. The highest BCUT2D eigenvalue weighted by atomic mass is 16.5. The summed E-state index contributed by atoms with van der Waals surface area (Å²) in [5.74, 6) is -1.11. The summed E-state index contributed by atoms with van der Waals surface area (Å²) < 4.78 is 7.01. The molecule has 0 saturated heterocycles. The minimum absolute atomic E-state index is 0.0566. The second-order valence-electron chi connectivity index (χ2n) is 6.60. The summed E-state index contributed by atoms with van der Waals surface area (Å²) in [5.41, 5.74) is 3.20. The molecular formula is C22H21N3O4. The van der Waals surface area contributed by atoms with Crippen LogP contribution in [0.1, 0.15) is 40.3 Å². The molecular weight excluding hydrogens is 370 g/mol. The minimum Gasteiger partial charge on any atom is -0.449 e. The molecule has 0 unspecified atom stereocenters. The lowest BCUT2D eigenvalue weighted by Crippen LogP contribution is -2.30. The lowest BCUT2D eigenvalue weighted by atomic mass is 10.1. The number of hydrogen-bond acceptors (Lipinski definition) is 5. The predicted octanol–water partition coefficient (Wildman–Crippen LogP) is 3.57. The minimum atomic E-state index is -0.983. The Kier molecular flexibility index (Phi) is 5.87. The summed E-state index contributed by atoms with van der Waals surface area (Å²) in [5, 5.41) is 6.88. The zero-order chi connectivity index (χ0) is 21.0. The monoisotopic (exact) mass is 391 g/mol. The fourth-order valence-electron chi connectivity index (χ4n) is 2.69. The summed E-state index contributed by atoms with van der Waals surface area (Å²) in [6.07, 6.45) is 0.717. The molecule has 1 N–H and O–H groups in total. The summed E-state index contributed by atoms with van der Waals surface area (Å²) in [7, 11) is 0. The Morgan fingerprint density at radius 2 is 1.59 bits per heavy atom. The number of Topliss-reactive ketones (excluding diaryl/α,β-unsaturated/α-hetero) is 1. The normalized spacial score (nSPS) is 11.6. The summed E-state index contributed by atoms with van der Waals surface area (Å²) in [6.45, 7) is 4.90. The molecule has 7 nitrogen and oxygen atoms in total. The largest absolute Gasteiger partial charge is 0.449 e. The Morgan fingerprint density at radius 1 is 0.966 bits per heavy atom. The van der Waals surface area contributed by atoms with Gasteiger partial charge in [-0.3, -0.25) is 9.59 Å². The number of carbonyl (C=O) groups excluding carboxylic acids is 3. The third-order valence-electron chi connectivity index (χ3n) is 4.39. The van der Waals surface area contributed by atoms with Crippen LogP contribution in [0, 0.1) is 6.92 Å². The van der Waals surface area contributed by atoms with Gasteiger partial charge in [0.25, 0.3) is 5.91 Å². The Morgan fingerprint density at radius 3 is 2.14 bits per heavy atom. The second-order valence-corrected chi connectivity index (χ2v) is 6.60. The van der Waals surface area contributed by atoms with E-state index in [4.69, 9.17) is 4.74 Å². The average Bonchev–Trinajstić information content (AvgIpc) is 3.14. The van der Waals surface area contributed by atoms with Gasteiger partial charge in [0.15, 0.2) is 11.9 Å². The number of ketones is 1. The second kappa shape index (κ2) is 8.52. The first-order valence-electron chi connectivity index (χ1n) is 9.09. The van der Waals surface area contributed by atoms with E-state index in [1.165, 1.54) is 13.8 Å². The van der Waals surface area contributed by atoms with Crippen LogP contribution in [0.25, 0.3) is 5.69 Å². The molecule has 0 fully saturated rings. The van der Waals surface area contributed by atoms with Crippen molar-refractivity contribution in [3.8, 4) is 5.69 Å². The highest BCUT2D eigenvalue weighted by Crippen LogP contribution is 2.14. The number of nitrogens with zero attached hydrogens (tertiary/aromatic N) is 2. The number of benzene rings is 2. The van der Waals surface area contributed by atoms with Crippen molar-refractivity contribution in [2.24, 2.45) is 0 Å². The molecule has 148 valence electrons. The zero-order valence-electron chi connectivity index (χ0n) is 16.4. The van der Waals surface area contributed by atoms with Gasteiger partial charge in [-0.15, -0.1) is 0 Å². The van der Waals surface area contributed by atoms with Crippen molar-refractivity contribution in [3.05, 3.63) is 77.6 Å². The first-order valence-corrected chi connectivity index (χ1v) is 9.09. The van der Waals surface area contributed by atoms with Crippen LogP contribution in [-0.2, 0) is 9.53 Å². The van der Waals surface area contributed by atoms with Gasteiger partial charge in [-0.1, -0.05) is 0 Å². The zero-order valence-corrected chi connectivity index (χ0v) is 16.4. The van der Waals surface area contributed by atoms with Crippen LogP contribution in [0.2, 0.25) is 0 Å². The molecule has 1 aromatic heterocycles. The van der Waals surface area contributed by atoms with Crippen LogP contribution in [0.5, 0.6) is 0 Å². The molecule has 3 aromatic rings. The lowest BCUT2D eigenvalue weighted by molar-refractivity contribution is -0.123. The summed E-state index contributed by atoms with van der Waals surface area (Å²) in [6, 6.07) is 15.2. The SMILES string of the molecule is CC(=O)c1ccc(NC(=O)[C@H](C)OC(=O)c2ccc(-n3nccc3C)cc2)cc1. The molecule has 7 heteroatoms. The molecule has 0 aliphatic carbocycles. The van der Waals surface area contributed by atoms with Gasteiger partial charge in [0.05, 0.1) is 11.3 Å². The number of esters is 1. The number of ether oxygens (including phenoxy) is 1. The van der Waals surface area contributed by atoms with Gasteiger partial charge in [0, 0.05) is 23.1 Å². The quantitative estimate of drug-likeness (QED) is 0.512. The number of hydrogen-bond donors (Lipinski definition) is 1. The number of carbonyl (C=O) groups is 3. The van der Waals surface area contributed by atoms with E-state index < -0.39 is 18.0 Å². The van der Waals surface area contributed by atoms with Crippen molar-refractivity contribution < 1.29 is 19.1 Å². The van der Waals surface area contributed by atoms with E-state index in [0.29, 0.717) is 16.8 Å². The lowest BCUT2D eigenvalue weighted by Gasteiger charge is -2.14. The van der Waals surface area contributed by atoms with Gasteiger partial charge in [0.2, 0.25) is 0 Å². The average molecular weight is 391 g/mol. The van der Waals surface area contributed by atoms with Gasteiger partial charge in [-0.25, -0.2) is 9.48 Å². The van der Waals surface area contributed by atoms with Crippen LogP contribution >= 0.6 is 0 Å². The van der Waals surface area contributed by atoms with E-state index in [1.807, 2.05) is 13.0 Å². The molecule has 29 heavy (non-hydrogen) atoms. The molecule has 0 radical (unpaired) electrons. The third kappa shape index (κ3) is 4.76. The van der Waals surface area contributed by atoms with Gasteiger partial charge in [0.1, 0.15) is 0 Å². The van der Waals surface area contributed by atoms with Crippen LogP contribution < -0.4 is 5.32 Å². The van der Waals surface area contributed by atoms with E-state index in [9.17, 15) is 14.4 Å². The van der Waals surface area contributed by atoms with Crippen LogP contribution in [0.15, 0.2) is 60.8 Å². The molecule has 0 spiro atoms. The number of rotatable bonds is 6. The molecule has 1 amide bonds. The van der Waals surface area contributed by atoms with E-state index in [0.717, 1.165) is 11.4 Å². The van der Waals surface area contributed by atoms with Crippen molar-refractivity contribution in [3.63, 3.8) is 0 Å². The number of anilines is 1. The van der Waals surface area contributed by atoms with Gasteiger partial charge < -0.3 is 10.1 Å². The molecule has 0 bridgehead atoms. The summed E-state index contributed by atoms with van der Waals surface area (Å²) in [4.78, 5) is 35.9. The molecule has 0 aliphatic heterocycles. The Bertz CT molecular complexity index is 1040. The van der Waals surface area contributed by atoms with Gasteiger partial charge in [-0.05, 0) is 75.4 Å². The number of nitrogens with one attached hydrogen (secondary N) is 1. The maximum absolute atomic E-state index is 12.3. The predicted molar refractivity (Wildman–Crippen MR) is 108 cm³/mol. The third-order valence-corrected chi connectivity index (χ3v) is 4.39. The van der Waals surface area contributed by atoms with E-state index in [1.54, 1.807) is 59.4 Å². The van der Waals surface area contributed by atoms with Crippen LogP contribution in [0.3, 0.4) is 0 Å². The highest BCUT2D eigenvalue weighted by molar-refractivity contribution is 5.98. The number of amides is 1. The van der Waals surface area contributed by atoms with Crippen molar-refractivity contribution in [1.29, 1.82) is 0 Å². The van der Waals surface area contributed by atoms with Crippen molar-refractivity contribution in [2.45, 2.75) is 26.9 Å². The van der Waals surface area contributed by atoms with Crippen molar-refractivity contribution in [1.82, 2.24) is 9.78 Å². The number of aryl methyl sites for hydroxylation is 1. The number of aromatic nitrogens is 2. The van der Waals surface area contributed by atoms with Gasteiger partial charge >= 0.3 is 5.97 Å². The van der Waals surface area contributed by atoms with E-state index in [-0.39, 0.29) is 5.78 Å². The Balaban J connectivity index is 1.60. The smallest absolute Gasteiger partial charge is 0.338 e. The van der Waals surface area contributed by atoms with E-state index in [2.05, 4.69) is 10.4 Å². The van der Waals surface area contributed by atoms with E-state index >= 15 is 0 Å². The fraction of sp³-hybridized carbons (Fsp3) is 0.182. The molecule has 2 aromatic carbocycles.